The maximum absolute atomic E-state index is 14.2. The topological polar surface area (TPSA) is 109 Å². The number of phenols is 1. The van der Waals surface area contributed by atoms with Crippen molar-refractivity contribution in [1.82, 2.24) is 14.9 Å². The van der Waals surface area contributed by atoms with Gasteiger partial charge in [0.25, 0.3) is 0 Å². The van der Waals surface area contributed by atoms with E-state index in [1.807, 2.05) is 13.0 Å². The molecule has 3 aromatic rings. The Morgan fingerprint density at radius 1 is 1.12 bits per heavy atom. The summed E-state index contributed by atoms with van der Waals surface area (Å²) < 4.78 is 19.6. The van der Waals surface area contributed by atoms with Crippen molar-refractivity contribution in [2.75, 3.05) is 55.8 Å². The molecule has 0 atom stereocenters. The standard InChI is InChI=1S/C24H29FN6O2/c1-16-3-5-20(19(25)13-16)28-17-4-6-22(32)18(14-17)21-15-23(30-24(26)29-21)27-7-2-8-31-9-11-33-12-10-31/h3-6,13-15,28,32H,2,7-12H2,1H3,(H3,26,27,29,30). The number of rotatable bonds is 8. The highest BCUT2D eigenvalue weighted by atomic mass is 19.1. The molecule has 9 heteroatoms. The average Bonchev–Trinajstić information content (AvgIpc) is 2.80. The zero-order valence-electron chi connectivity index (χ0n) is 18.6. The lowest BCUT2D eigenvalue weighted by atomic mass is 10.1. The Morgan fingerprint density at radius 2 is 1.94 bits per heavy atom. The van der Waals surface area contributed by atoms with Gasteiger partial charge in [-0.05, 0) is 55.8 Å². The van der Waals surface area contributed by atoms with E-state index in [-0.39, 0.29) is 17.5 Å². The molecule has 0 bridgehead atoms. The van der Waals surface area contributed by atoms with E-state index in [9.17, 15) is 9.50 Å². The summed E-state index contributed by atoms with van der Waals surface area (Å²) in [5, 5.41) is 16.8. The molecule has 4 rings (SSSR count). The summed E-state index contributed by atoms with van der Waals surface area (Å²) in [6, 6.07) is 11.6. The van der Waals surface area contributed by atoms with Gasteiger partial charge in [-0.1, -0.05) is 6.07 Å². The molecule has 174 valence electrons. The molecule has 1 aliphatic heterocycles. The van der Waals surface area contributed by atoms with E-state index in [1.54, 1.807) is 24.3 Å². The zero-order valence-corrected chi connectivity index (χ0v) is 18.6. The Hall–Kier alpha value is -3.43. The first-order chi connectivity index (χ1) is 16.0. The molecule has 8 nitrogen and oxygen atoms in total. The van der Waals surface area contributed by atoms with Gasteiger partial charge in [0.1, 0.15) is 17.4 Å². The molecule has 0 amide bonds. The van der Waals surface area contributed by atoms with E-state index in [2.05, 4.69) is 25.5 Å². The van der Waals surface area contributed by atoms with Crippen molar-refractivity contribution < 1.29 is 14.2 Å². The summed E-state index contributed by atoms with van der Waals surface area (Å²) in [6.45, 7) is 7.03. The number of hydrogen-bond donors (Lipinski definition) is 4. The number of morpholine rings is 1. The quantitative estimate of drug-likeness (QED) is 0.302. The number of aryl methyl sites for hydroxylation is 1. The third-order valence-corrected chi connectivity index (χ3v) is 5.48. The number of aromatic hydroxyl groups is 1. The summed E-state index contributed by atoms with van der Waals surface area (Å²) in [6.07, 6.45) is 0.950. The number of nitrogens with two attached hydrogens (primary N) is 1. The van der Waals surface area contributed by atoms with Crippen molar-refractivity contribution in [3.8, 4) is 17.0 Å². The van der Waals surface area contributed by atoms with Gasteiger partial charge in [0.05, 0.1) is 24.6 Å². The third-order valence-electron chi connectivity index (χ3n) is 5.48. The van der Waals surface area contributed by atoms with Crippen LogP contribution in [-0.4, -0.2) is 59.4 Å². The van der Waals surface area contributed by atoms with Gasteiger partial charge in [-0.25, -0.2) is 9.37 Å². The van der Waals surface area contributed by atoms with Crippen LogP contribution in [-0.2, 0) is 4.74 Å². The predicted molar refractivity (Wildman–Crippen MR) is 128 cm³/mol. The fourth-order valence-electron chi connectivity index (χ4n) is 3.73. The van der Waals surface area contributed by atoms with Crippen LogP contribution in [0.1, 0.15) is 12.0 Å². The first kappa shape index (κ1) is 22.8. The molecule has 0 unspecified atom stereocenters. The minimum atomic E-state index is -0.348. The van der Waals surface area contributed by atoms with Crippen LogP contribution in [0.2, 0.25) is 0 Å². The summed E-state index contributed by atoms with van der Waals surface area (Å²) in [4.78, 5) is 10.9. The molecule has 0 spiro atoms. The number of halogens is 1. The fourth-order valence-corrected chi connectivity index (χ4v) is 3.73. The van der Waals surface area contributed by atoms with Crippen molar-refractivity contribution in [3.63, 3.8) is 0 Å². The third kappa shape index (κ3) is 6.09. The second-order valence-corrected chi connectivity index (χ2v) is 8.07. The second-order valence-electron chi connectivity index (χ2n) is 8.07. The first-order valence-corrected chi connectivity index (χ1v) is 11.0. The van der Waals surface area contributed by atoms with Gasteiger partial charge in [0, 0.05) is 37.0 Å². The van der Waals surface area contributed by atoms with Crippen molar-refractivity contribution in [2.24, 2.45) is 0 Å². The molecule has 5 N–H and O–H groups in total. The van der Waals surface area contributed by atoms with Crippen LogP contribution < -0.4 is 16.4 Å². The van der Waals surface area contributed by atoms with Gasteiger partial charge in [-0.3, -0.25) is 4.90 Å². The largest absolute Gasteiger partial charge is 0.507 e. The summed E-state index contributed by atoms with van der Waals surface area (Å²) in [5.41, 5.74) is 8.68. The van der Waals surface area contributed by atoms with Gasteiger partial charge < -0.3 is 26.2 Å². The molecular formula is C24H29FN6O2. The number of nitrogens with one attached hydrogen (secondary N) is 2. The van der Waals surface area contributed by atoms with Crippen molar-refractivity contribution in [3.05, 3.63) is 53.8 Å². The van der Waals surface area contributed by atoms with Crippen LogP contribution in [0.4, 0.5) is 27.5 Å². The molecule has 0 radical (unpaired) electrons. The Bertz CT molecular complexity index is 1100. The highest BCUT2D eigenvalue weighted by Crippen LogP contribution is 2.33. The Balaban J connectivity index is 1.46. The lowest BCUT2D eigenvalue weighted by molar-refractivity contribution is 0.0378. The van der Waals surface area contributed by atoms with Crippen molar-refractivity contribution >= 4 is 23.1 Å². The summed E-state index contributed by atoms with van der Waals surface area (Å²) in [5.74, 6) is 0.383. The lowest BCUT2D eigenvalue weighted by Crippen LogP contribution is -2.37. The SMILES string of the molecule is Cc1ccc(Nc2ccc(O)c(-c3cc(NCCCN4CCOCC4)nc(N)n3)c2)c(F)c1. The van der Waals surface area contributed by atoms with E-state index in [1.165, 1.54) is 12.1 Å². The minimum Gasteiger partial charge on any atom is -0.507 e. The van der Waals surface area contributed by atoms with Crippen LogP contribution in [0.15, 0.2) is 42.5 Å². The second kappa shape index (κ2) is 10.5. The highest BCUT2D eigenvalue weighted by molar-refractivity contribution is 5.75. The Labute approximate surface area is 192 Å². The number of benzene rings is 2. The molecule has 0 saturated carbocycles. The number of ether oxygens (including phenoxy) is 1. The number of phenolic OH excluding ortho intramolecular Hbond substituents is 1. The van der Waals surface area contributed by atoms with Gasteiger partial charge in [-0.2, -0.15) is 4.98 Å². The number of nitrogen functional groups attached to an aromatic ring is 1. The van der Waals surface area contributed by atoms with E-state index in [4.69, 9.17) is 10.5 Å². The average molecular weight is 453 g/mol. The molecule has 2 heterocycles. The molecular weight excluding hydrogens is 423 g/mol. The number of aromatic nitrogens is 2. The van der Waals surface area contributed by atoms with Crippen LogP contribution in [0.5, 0.6) is 5.75 Å². The normalized spacial score (nSPS) is 14.2. The molecule has 1 aromatic heterocycles. The van der Waals surface area contributed by atoms with Gasteiger partial charge in [0.15, 0.2) is 0 Å². The Kier molecular flexibility index (Phi) is 7.21. The zero-order chi connectivity index (χ0) is 23.2. The fraction of sp³-hybridized carbons (Fsp3) is 0.333. The highest BCUT2D eigenvalue weighted by Gasteiger charge is 2.13. The number of anilines is 4. The number of nitrogens with zero attached hydrogens (tertiary/aromatic N) is 3. The van der Waals surface area contributed by atoms with Gasteiger partial charge in [-0.15, -0.1) is 0 Å². The van der Waals surface area contributed by atoms with Crippen LogP contribution in [0.25, 0.3) is 11.3 Å². The van der Waals surface area contributed by atoms with E-state index < -0.39 is 0 Å². The molecule has 1 aliphatic rings. The van der Waals surface area contributed by atoms with E-state index in [0.29, 0.717) is 28.5 Å². The van der Waals surface area contributed by atoms with Gasteiger partial charge >= 0.3 is 0 Å². The Morgan fingerprint density at radius 3 is 2.73 bits per heavy atom. The first-order valence-electron chi connectivity index (χ1n) is 11.0. The maximum atomic E-state index is 14.2. The molecule has 33 heavy (non-hydrogen) atoms. The van der Waals surface area contributed by atoms with Crippen LogP contribution in [0.3, 0.4) is 0 Å². The van der Waals surface area contributed by atoms with E-state index >= 15 is 0 Å². The molecule has 2 aromatic carbocycles. The maximum Gasteiger partial charge on any atom is 0.222 e. The summed E-state index contributed by atoms with van der Waals surface area (Å²) >= 11 is 0. The van der Waals surface area contributed by atoms with Crippen molar-refractivity contribution in [1.29, 1.82) is 0 Å². The molecule has 1 saturated heterocycles. The predicted octanol–water partition coefficient (Wildman–Crippen LogP) is 3.76. The minimum absolute atomic E-state index is 0.0429. The summed E-state index contributed by atoms with van der Waals surface area (Å²) in [7, 11) is 0. The van der Waals surface area contributed by atoms with Crippen LogP contribution >= 0.6 is 0 Å². The van der Waals surface area contributed by atoms with Crippen LogP contribution in [0, 0.1) is 12.7 Å². The molecule has 0 aliphatic carbocycles. The lowest BCUT2D eigenvalue weighted by Gasteiger charge is -2.26. The monoisotopic (exact) mass is 452 g/mol. The number of hydrogen-bond acceptors (Lipinski definition) is 8. The smallest absolute Gasteiger partial charge is 0.222 e. The van der Waals surface area contributed by atoms with Crippen molar-refractivity contribution in [2.45, 2.75) is 13.3 Å². The van der Waals surface area contributed by atoms with E-state index in [0.717, 1.165) is 51.4 Å². The molecule has 1 fully saturated rings. The van der Waals surface area contributed by atoms with Gasteiger partial charge in [0.2, 0.25) is 5.95 Å².